The summed E-state index contributed by atoms with van der Waals surface area (Å²) in [6.07, 6.45) is -1.50. The fraction of sp³-hybridized carbons (Fsp3) is 0.656. The van der Waals surface area contributed by atoms with Crippen LogP contribution in [0.1, 0.15) is 47.8 Å². The Morgan fingerprint density at radius 1 is 0.965 bits per heavy atom. The van der Waals surface area contributed by atoms with Gasteiger partial charge in [-0.05, 0) is 54.1 Å². The highest BCUT2D eigenvalue weighted by molar-refractivity contribution is 8.44. The topological polar surface area (TPSA) is 237 Å². The van der Waals surface area contributed by atoms with Gasteiger partial charge in [0.1, 0.15) is 54.1 Å². The molecule has 7 heterocycles. The lowest BCUT2D eigenvalue weighted by Gasteiger charge is -2.46. The number of thiol groups is 1. The van der Waals surface area contributed by atoms with Crippen molar-refractivity contribution in [1.29, 1.82) is 0 Å². The van der Waals surface area contributed by atoms with E-state index in [9.17, 15) is 9.46 Å². The van der Waals surface area contributed by atoms with Crippen LogP contribution < -0.4 is 11.5 Å². The smallest absolute Gasteiger partial charge is 0.389 e. The van der Waals surface area contributed by atoms with Crippen LogP contribution in [0.2, 0.25) is 36.3 Å². The standard InChI is InChI=1S/C32H51N9O10P2S2Si2/c1-30(2,3)56(7,8)50-22-21-28(40-12-11-18-24(33)35-15-37-26(18)40)46-29(22)49-53(43,55)48-23-19(13-45-52(42,54)47-21)44-14-32(23,51-57(9,10)31(4,5)6)41-17-39-20-25(34)36-16-38-27(20)41/h11-12,15-17,19,21-23,28-29H,13-14H2,1-10H3,(H,42,54)(H,43,55)(H2,33,35,37)(H2,34,36,38)/t19-,21-,22?,23-,28-,29-,32+,52?,53?/m1/s1. The first-order valence-corrected chi connectivity index (χ1v) is 29.4. The summed E-state index contributed by atoms with van der Waals surface area (Å²) in [7, 11) is -5.50. The second kappa shape index (κ2) is 14.6. The average molecular weight is 904 g/mol. The van der Waals surface area contributed by atoms with E-state index in [0.29, 0.717) is 22.2 Å². The van der Waals surface area contributed by atoms with Crippen LogP contribution in [0.5, 0.6) is 0 Å². The average Bonchev–Trinajstić information content (AvgIpc) is 3.85. The second-order valence-corrected chi connectivity index (χ2v) is 32.6. The molecule has 5 N–H and O–H groups in total. The molecule has 0 saturated carbocycles. The monoisotopic (exact) mass is 903 g/mol. The zero-order valence-electron chi connectivity index (χ0n) is 33.4. The maximum Gasteiger partial charge on any atom is 0.389 e. The van der Waals surface area contributed by atoms with E-state index in [-0.39, 0.29) is 34.9 Å². The molecule has 3 unspecified atom stereocenters. The molecule has 2 bridgehead atoms. The quantitative estimate of drug-likeness (QED) is 0.101. The van der Waals surface area contributed by atoms with E-state index in [1.165, 1.54) is 19.0 Å². The molecule has 0 radical (unpaired) electrons. The minimum atomic E-state index is -4.52. The summed E-state index contributed by atoms with van der Waals surface area (Å²) in [5, 5.41) is -0.117. The van der Waals surface area contributed by atoms with Crippen LogP contribution in [0, 0.1) is 0 Å². The molecule has 7 rings (SSSR count). The highest BCUT2D eigenvalue weighted by Gasteiger charge is 2.62. The molecule has 0 spiro atoms. The summed E-state index contributed by atoms with van der Waals surface area (Å²) in [5.41, 5.74) is 11.8. The van der Waals surface area contributed by atoms with Gasteiger partial charge in [0.25, 0.3) is 0 Å². The van der Waals surface area contributed by atoms with Crippen LogP contribution in [0.3, 0.4) is 0 Å². The van der Waals surface area contributed by atoms with Crippen molar-refractivity contribution in [2.75, 3.05) is 24.7 Å². The van der Waals surface area contributed by atoms with Crippen LogP contribution >= 0.6 is 25.8 Å². The summed E-state index contributed by atoms with van der Waals surface area (Å²) in [5.74, 6) is 0.376. The van der Waals surface area contributed by atoms with E-state index in [1.807, 2.05) is 26.2 Å². The maximum absolute atomic E-state index is 15.0. The van der Waals surface area contributed by atoms with Gasteiger partial charge in [-0.25, -0.2) is 29.5 Å². The van der Waals surface area contributed by atoms with Crippen molar-refractivity contribution in [1.82, 2.24) is 34.1 Å². The van der Waals surface area contributed by atoms with Gasteiger partial charge in [-0.15, -0.1) is 0 Å². The van der Waals surface area contributed by atoms with Gasteiger partial charge in [0.15, 0.2) is 46.3 Å². The largest absolute Gasteiger partial charge is 0.406 e. The molecular formula is C32H51N9O10P2S2Si2. The van der Waals surface area contributed by atoms with Crippen molar-refractivity contribution in [3.8, 4) is 0 Å². The summed E-state index contributed by atoms with van der Waals surface area (Å²) < 4.78 is 70.8. The number of fused-ring (bicyclic) bond motifs is 5. The van der Waals surface area contributed by atoms with Gasteiger partial charge in [-0.2, -0.15) is 0 Å². The van der Waals surface area contributed by atoms with Crippen LogP contribution in [0.15, 0.2) is 31.2 Å². The zero-order valence-corrected chi connectivity index (χ0v) is 38.9. The minimum Gasteiger partial charge on any atom is -0.406 e. The third-order valence-electron chi connectivity index (χ3n) is 11.6. The van der Waals surface area contributed by atoms with Crippen molar-refractivity contribution < 1.29 is 45.9 Å². The van der Waals surface area contributed by atoms with E-state index >= 15 is 0 Å². The van der Waals surface area contributed by atoms with Crippen molar-refractivity contribution in [2.45, 2.75) is 120 Å². The molecule has 0 aromatic carbocycles. The van der Waals surface area contributed by atoms with Crippen molar-refractivity contribution in [2.24, 2.45) is 0 Å². The summed E-state index contributed by atoms with van der Waals surface area (Å²) >= 11 is 10.3. The van der Waals surface area contributed by atoms with Crippen LogP contribution in [-0.2, 0) is 58.5 Å². The van der Waals surface area contributed by atoms with E-state index in [0.717, 1.165) is 0 Å². The molecule has 3 aliphatic rings. The number of anilines is 2. The summed E-state index contributed by atoms with van der Waals surface area (Å²) in [6, 6.07) is 1.72. The van der Waals surface area contributed by atoms with Gasteiger partial charge < -0.3 is 43.8 Å². The van der Waals surface area contributed by atoms with Gasteiger partial charge in [-0.1, -0.05) is 53.8 Å². The molecule has 0 amide bonds. The Labute approximate surface area is 343 Å². The lowest BCUT2D eigenvalue weighted by Crippen LogP contribution is -2.57. The molecule has 25 heteroatoms. The molecule has 3 saturated heterocycles. The van der Waals surface area contributed by atoms with Gasteiger partial charge in [0.2, 0.25) is 0 Å². The van der Waals surface area contributed by atoms with Crippen molar-refractivity contribution in [3.05, 3.63) is 31.2 Å². The predicted molar refractivity (Wildman–Crippen MR) is 224 cm³/mol. The molecule has 19 nitrogen and oxygen atoms in total. The summed E-state index contributed by atoms with van der Waals surface area (Å²) in [4.78, 5) is 33.5. The van der Waals surface area contributed by atoms with Gasteiger partial charge in [-0.3, -0.25) is 18.1 Å². The third-order valence-corrected chi connectivity index (χ3v) is 23.7. The van der Waals surface area contributed by atoms with Crippen LogP contribution in [0.4, 0.5) is 11.6 Å². The van der Waals surface area contributed by atoms with Crippen LogP contribution in [0.25, 0.3) is 22.2 Å². The fourth-order valence-electron chi connectivity index (χ4n) is 6.56. The first-order valence-electron chi connectivity index (χ1n) is 18.3. The number of hydrogen-bond donors (Lipinski definition) is 4. The number of hydrogen-bond acceptors (Lipinski definition) is 17. The molecule has 3 aliphatic heterocycles. The van der Waals surface area contributed by atoms with Crippen molar-refractivity contribution in [3.63, 3.8) is 0 Å². The lowest BCUT2D eigenvalue weighted by atomic mass is 10.1. The molecule has 9 atom stereocenters. The molecule has 3 fully saturated rings. The number of rotatable bonds is 6. The van der Waals surface area contributed by atoms with E-state index in [1.54, 1.807) is 21.4 Å². The molecule has 0 aliphatic carbocycles. The zero-order chi connectivity index (χ0) is 41.7. The Bertz CT molecular complexity index is 2270. The van der Waals surface area contributed by atoms with E-state index in [4.69, 9.17) is 59.7 Å². The Morgan fingerprint density at radius 3 is 2.28 bits per heavy atom. The number of ether oxygens (including phenoxy) is 2. The Balaban J connectivity index is 1.37. The third kappa shape index (κ3) is 7.92. The van der Waals surface area contributed by atoms with Gasteiger partial charge in [0, 0.05) is 6.20 Å². The Morgan fingerprint density at radius 2 is 1.61 bits per heavy atom. The lowest BCUT2D eigenvalue weighted by molar-refractivity contribution is -0.135. The number of nitrogens with zero attached hydrogens (tertiary/aromatic N) is 7. The molecule has 4 aromatic heterocycles. The maximum atomic E-state index is 15.0. The Hall–Kier alpha value is -1.93. The van der Waals surface area contributed by atoms with Gasteiger partial charge >= 0.3 is 13.5 Å². The van der Waals surface area contributed by atoms with Crippen molar-refractivity contribution >= 4 is 88.0 Å². The number of nitrogen functional groups attached to an aromatic ring is 2. The number of nitrogens with two attached hydrogens (primary N) is 2. The van der Waals surface area contributed by atoms with Crippen LogP contribution in [-0.4, -0.2) is 99.5 Å². The Kier molecular flexibility index (Phi) is 11.1. The first kappa shape index (κ1) is 43.2. The minimum absolute atomic E-state index is 0.140. The van der Waals surface area contributed by atoms with E-state index < -0.39 is 72.8 Å². The van der Waals surface area contributed by atoms with E-state index in [2.05, 4.69) is 78.7 Å². The molecular weight excluding hydrogens is 853 g/mol. The normalized spacial score (nSPS) is 33.3. The molecule has 4 aromatic rings. The number of aromatic nitrogens is 7. The first-order chi connectivity index (χ1) is 26.3. The summed E-state index contributed by atoms with van der Waals surface area (Å²) in [6.45, 7) is 11.3. The number of imidazole rings is 1. The molecule has 57 heavy (non-hydrogen) atoms. The SMILES string of the molecule is CC(C)(C)[Si](C)(C)OC1[C@@H]2O[C@@H](n3ccc4c(N)ncnc43)[C@@H]1OP(O)(=S)OC[C@H]1OC[C@@](O[Si](C)(C)C(C)(C)C)(n3cnc4c(N)ncnc43)[C@@H]1OP(=O)(S)O2. The highest BCUT2D eigenvalue weighted by Crippen LogP contribution is 2.62. The molecule has 314 valence electrons. The highest BCUT2D eigenvalue weighted by atomic mass is 32.7. The predicted octanol–water partition coefficient (Wildman–Crippen LogP) is 5.83. The van der Waals surface area contributed by atoms with Gasteiger partial charge in [0.05, 0.1) is 24.9 Å². The fourth-order valence-corrected chi connectivity index (χ4v) is 12.4. The second-order valence-electron chi connectivity index (χ2n) is 17.5.